The van der Waals surface area contributed by atoms with E-state index in [1.807, 2.05) is 18.2 Å². The van der Waals surface area contributed by atoms with Gasteiger partial charge in [0, 0.05) is 12.6 Å². The number of ether oxygens (including phenoxy) is 1. The summed E-state index contributed by atoms with van der Waals surface area (Å²) in [6, 6.07) is 14.1. The fourth-order valence-corrected chi connectivity index (χ4v) is 3.00. The first-order valence-electron chi connectivity index (χ1n) is 9.12. The van der Waals surface area contributed by atoms with Crippen LogP contribution in [-0.2, 0) is 9.53 Å². The number of benzene rings is 1. The number of hydrogen-bond donors (Lipinski definition) is 2. The van der Waals surface area contributed by atoms with Crippen LogP contribution in [0.25, 0.3) is 11.1 Å². The van der Waals surface area contributed by atoms with Gasteiger partial charge in [-0.25, -0.2) is 4.79 Å². The van der Waals surface area contributed by atoms with Crippen molar-refractivity contribution in [3.8, 4) is 23.5 Å². The van der Waals surface area contributed by atoms with Gasteiger partial charge < -0.3 is 15.4 Å². The van der Waals surface area contributed by atoms with E-state index in [-0.39, 0.29) is 24.4 Å². The average Bonchev–Trinajstić information content (AvgIpc) is 2.98. The zero-order chi connectivity index (χ0) is 20.8. The Morgan fingerprint density at radius 1 is 1.21 bits per heavy atom. The molecule has 1 heterocycles. The SMILES string of the molecule is C#CCNc1cccc(-c2ccc(N3CC(CNC(C)=O)OC3=O)cc2)cc1=O. The predicted molar refractivity (Wildman–Crippen MR) is 112 cm³/mol. The van der Waals surface area contributed by atoms with Gasteiger partial charge in [-0.05, 0) is 35.4 Å². The van der Waals surface area contributed by atoms with Gasteiger partial charge in [0.05, 0.1) is 25.3 Å². The molecule has 1 unspecified atom stereocenters. The Bertz CT molecular complexity index is 1010. The highest BCUT2D eigenvalue weighted by atomic mass is 16.6. The van der Waals surface area contributed by atoms with Gasteiger partial charge in [-0.2, -0.15) is 0 Å². The molecule has 7 heteroatoms. The van der Waals surface area contributed by atoms with E-state index in [2.05, 4.69) is 16.6 Å². The third-order valence-corrected chi connectivity index (χ3v) is 4.44. The number of carbonyl (C=O) groups is 2. The van der Waals surface area contributed by atoms with E-state index < -0.39 is 12.2 Å². The molecule has 7 nitrogen and oxygen atoms in total. The summed E-state index contributed by atoms with van der Waals surface area (Å²) in [5, 5.41) is 5.55. The van der Waals surface area contributed by atoms with Crippen LogP contribution in [0.2, 0.25) is 0 Å². The molecular formula is C22H21N3O4. The zero-order valence-electron chi connectivity index (χ0n) is 16.0. The van der Waals surface area contributed by atoms with Gasteiger partial charge in [0.1, 0.15) is 6.10 Å². The highest BCUT2D eigenvalue weighted by Gasteiger charge is 2.32. The van der Waals surface area contributed by atoms with Crippen molar-refractivity contribution in [2.24, 2.45) is 0 Å². The summed E-state index contributed by atoms with van der Waals surface area (Å²) in [6.07, 6.45) is 4.38. The molecule has 0 saturated carbocycles. The minimum atomic E-state index is -0.453. The molecule has 2 N–H and O–H groups in total. The number of cyclic esters (lactones) is 1. The molecule has 1 atom stereocenters. The molecule has 0 spiro atoms. The van der Waals surface area contributed by atoms with Gasteiger partial charge in [0.15, 0.2) is 0 Å². The highest BCUT2D eigenvalue weighted by Crippen LogP contribution is 2.25. The van der Waals surface area contributed by atoms with Gasteiger partial charge in [-0.15, -0.1) is 6.42 Å². The highest BCUT2D eigenvalue weighted by molar-refractivity contribution is 5.90. The van der Waals surface area contributed by atoms with Crippen molar-refractivity contribution < 1.29 is 14.3 Å². The summed E-state index contributed by atoms with van der Waals surface area (Å²) in [7, 11) is 0. The Balaban J connectivity index is 1.75. The number of amides is 2. The van der Waals surface area contributed by atoms with Crippen molar-refractivity contribution in [2.75, 3.05) is 29.9 Å². The summed E-state index contributed by atoms with van der Waals surface area (Å²) in [5.74, 6) is 2.27. The molecule has 1 fully saturated rings. The lowest BCUT2D eigenvalue weighted by Crippen LogP contribution is -2.33. The number of nitrogens with one attached hydrogen (secondary N) is 2. The molecule has 1 aliphatic rings. The van der Waals surface area contributed by atoms with Crippen molar-refractivity contribution in [2.45, 2.75) is 13.0 Å². The second kappa shape index (κ2) is 8.93. The Morgan fingerprint density at radius 3 is 2.66 bits per heavy atom. The number of nitrogens with zero attached hydrogens (tertiary/aromatic N) is 1. The summed E-state index contributed by atoms with van der Waals surface area (Å²) in [6.45, 7) is 2.32. The fourth-order valence-electron chi connectivity index (χ4n) is 3.00. The summed E-state index contributed by atoms with van der Waals surface area (Å²) in [4.78, 5) is 37.0. The molecule has 0 aromatic heterocycles. The molecule has 0 radical (unpaired) electrons. The maximum absolute atomic E-state index is 12.4. The van der Waals surface area contributed by atoms with Crippen LogP contribution in [0.4, 0.5) is 16.2 Å². The standard InChI is InChI=1S/C22H21N3O4/c1-3-11-23-20-6-4-5-17(12-21(20)27)16-7-9-18(10-8-16)25-14-19(29-22(25)28)13-24-15(2)26/h1,4-10,12,19H,11,13-14H2,2H3,(H,23,27)(H,24,26). The van der Waals surface area contributed by atoms with Crippen LogP contribution in [-0.4, -0.2) is 37.7 Å². The first-order valence-corrected chi connectivity index (χ1v) is 9.12. The summed E-state index contributed by atoms with van der Waals surface area (Å²) in [5.41, 5.74) is 2.56. The van der Waals surface area contributed by atoms with Crippen LogP contribution in [0.15, 0.2) is 53.3 Å². The predicted octanol–water partition coefficient (Wildman–Crippen LogP) is 2.22. The van der Waals surface area contributed by atoms with E-state index in [0.29, 0.717) is 17.9 Å². The second-order valence-corrected chi connectivity index (χ2v) is 6.56. The summed E-state index contributed by atoms with van der Waals surface area (Å²) >= 11 is 0. The Labute approximate surface area is 168 Å². The largest absolute Gasteiger partial charge is 0.442 e. The van der Waals surface area contributed by atoms with Crippen LogP contribution in [0, 0.1) is 12.3 Å². The minimum Gasteiger partial charge on any atom is -0.442 e. The first-order chi connectivity index (χ1) is 14.0. The van der Waals surface area contributed by atoms with Crippen LogP contribution in [0.3, 0.4) is 0 Å². The van der Waals surface area contributed by atoms with Crippen molar-refractivity contribution in [3.05, 3.63) is 58.8 Å². The van der Waals surface area contributed by atoms with Crippen LogP contribution in [0.1, 0.15) is 6.92 Å². The van der Waals surface area contributed by atoms with Gasteiger partial charge in [0.2, 0.25) is 11.3 Å². The van der Waals surface area contributed by atoms with Crippen molar-refractivity contribution in [1.29, 1.82) is 0 Å². The molecule has 3 rings (SSSR count). The molecule has 1 saturated heterocycles. The number of terminal acetylenes is 1. The van der Waals surface area contributed by atoms with Gasteiger partial charge in [-0.3, -0.25) is 14.5 Å². The second-order valence-electron chi connectivity index (χ2n) is 6.56. The van der Waals surface area contributed by atoms with Crippen LogP contribution < -0.4 is 21.0 Å². The quantitative estimate of drug-likeness (QED) is 0.738. The Hall–Kier alpha value is -3.79. The van der Waals surface area contributed by atoms with Gasteiger partial charge in [-0.1, -0.05) is 30.2 Å². The van der Waals surface area contributed by atoms with Crippen molar-refractivity contribution in [1.82, 2.24) is 5.32 Å². The molecule has 0 bridgehead atoms. The molecule has 29 heavy (non-hydrogen) atoms. The number of carbonyl (C=O) groups excluding carboxylic acids is 2. The normalized spacial score (nSPS) is 15.4. The third kappa shape index (κ3) is 4.93. The van der Waals surface area contributed by atoms with E-state index in [4.69, 9.17) is 11.2 Å². The fraction of sp³-hybridized carbons (Fsp3) is 0.227. The lowest BCUT2D eigenvalue weighted by molar-refractivity contribution is -0.119. The van der Waals surface area contributed by atoms with E-state index in [9.17, 15) is 14.4 Å². The van der Waals surface area contributed by atoms with Crippen molar-refractivity contribution in [3.63, 3.8) is 0 Å². The smallest absolute Gasteiger partial charge is 0.414 e. The zero-order valence-corrected chi connectivity index (χ0v) is 16.0. The topological polar surface area (TPSA) is 87.7 Å². The van der Waals surface area contributed by atoms with E-state index >= 15 is 0 Å². The number of hydrogen-bond acceptors (Lipinski definition) is 5. The molecule has 2 amide bonds. The number of rotatable bonds is 6. The molecule has 2 aromatic carbocycles. The first kappa shape index (κ1) is 20.0. The minimum absolute atomic E-state index is 0.159. The molecule has 148 valence electrons. The summed E-state index contributed by atoms with van der Waals surface area (Å²) < 4.78 is 5.28. The molecule has 2 aromatic rings. The molecule has 1 aliphatic heterocycles. The van der Waals surface area contributed by atoms with Gasteiger partial charge >= 0.3 is 6.09 Å². The van der Waals surface area contributed by atoms with E-state index in [1.54, 1.807) is 30.3 Å². The van der Waals surface area contributed by atoms with Crippen LogP contribution in [0.5, 0.6) is 0 Å². The number of anilines is 2. The lowest BCUT2D eigenvalue weighted by Gasteiger charge is -2.13. The monoisotopic (exact) mass is 391 g/mol. The average molecular weight is 391 g/mol. The van der Waals surface area contributed by atoms with Crippen molar-refractivity contribution >= 4 is 23.4 Å². The molecule has 0 aliphatic carbocycles. The Morgan fingerprint density at radius 2 is 1.97 bits per heavy atom. The van der Waals surface area contributed by atoms with E-state index in [1.165, 1.54) is 11.8 Å². The van der Waals surface area contributed by atoms with E-state index in [0.717, 1.165) is 11.1 Å². The lowest BCUT2D eigenvalue weighted by atomic mass is 10.1. The van der Waals surface area contributed by atoms with Crippen LogP contribution >= 0.6 is 0 Å². The maximum atomic E-state index is 12.4. The third-order valence-electron chi connectivity index (χ3n) is 4.44. The maximum Gasteiger partial charge on any atom is 0.414 e. The van der Waals surface area contributed by atoms with Gasteiger partial charge in [0.25, 0.3) is 0 Å². The molecular weight excluding hydrogens is 370 g/mol. The Kier molecular flexibility index (Phi) is 6.15.